The van der Waals surface area contributed by atoms with E-state index in [4.69, 9.17) is 4.74 Å². The van der Waals surface area contributed by atoms with E-state index < -0.39 is 0 Å². The normalized spacial score (nSPS) is 13.6. The zero-order valence-electron chi connectivity index (χ0n) is 10.7. The SMILES string of the molecule is Cc1ccnc(Oc2cccc3c2NCCC3)c1Br. The molecule has 4 heteroatoms. The molecule has 3 rings (SSSR count). The minimum absolute atomic E-state index is 0.612. The standard InChI is InChI=1S/C15H15BrN2O/c1-10-7-9-18-15(13(10)16)19-12-6-2-4-11-5-3-8-17-14(11)12/h2,4,6-7,9,17H,3,5,8H2,1H3. The van der Waals surface area contributed by atoms with Gasteiger partial charge in [0.2, 0.25) is 5.88 Å². The number of nitrogens with one attached hydrogen (secondary N) is 1. The van der Waals surface area contributed by atoms with Gasteiger partial charge in [-0.3, -0.25) is 0 Å². The van der Waals surface area contributed by atoms with Crippen LogP contribution < -0.4 is 10.1 Å². The van der Waals surface area contributed by atoms with E-state index in [1.54, 1.807) is 6.20 Å². The van der Waals surface area contributed by atoms with E-state index >= 15 is 0 Å². The van der Waals surface area contributed by atoms with E-state index in [2.05, 4.69) is 32.3 Å². The minimum atomic E-state index is 0.612. The molecule has 19 heavy (non-hydrogen) atoms. The van der Waals surface area contributed by atoms with Crippen LogP contribution in [0.25, 0.3) is 0 Å². The van der Waals surface area contributed by atoms with Gasteiger partial charge < -0.3 is 10.1 Å². The number of anilines is 1. The molecule has 2 aromatic rings. The molecule has 0 saturated heterocycles. The van der Waals surface area contributed by atoms with Crippen LogP contribution in [0.2, 0.25) is 0 Å². The lowest BCUT2D eigenvalue weighted by Crippen LogP contribution is -2.12. The van der Waals surface area contributed by atoms with Crippen LogP contribution in [-0.4, -0.2) is 11.5 Å². The smallest absolute Gasteiger partial charge is 0.233 e. The molecule has 1 aliphatic heterocycles. The van der Waals surface area contributed by atoms with Crippen molar-refractivity contribution in [3.63, 3.8) is 0 Å². The second kappa shape index (κ2) is 5.21. The molecule has 0 unspecified atom stereocenters. The number of para-hydroxylation sites is 1. The zero-order valence-corrected chi connectivity index (χ0v) is 12.3. The molecular formula is C15H15BrN2O. The number of aromatic nitrogens is 1. The third kappa shape index (κ3) is 2.45. The van der Waals surface area contributed by atoms with Gasteiger partial charge in [-0.2, -0.15) is 0 Å². The van der Waals surface area contributed by atoms with Gasteiger partial charge in [-0.1, -0.05) is 12.1 Å². The van der Waals surface area contributed by atoms with Crippen molar-refractivity contribution in [1.29, 1.82) is 0 Å². The van der Waals surface area contributed by atoms with Gasteiger partial charge in [-0.25, -0.2) is 4.98 Å². The van der Waals surface area contributed by atoms with E-state index in [0.717, 1.165) is 34.4 Å². The summed E-state index contributed by atoms with van der Waals surface area (Å²) in [5.41, 5.74) is 3.53. The molecule has 2 heterocycles. The highest BCUT2D eigenvalue weighted by Gasteiger charge is 2.15. The Morgan fingerprint density at radius 2 is 2.21 bits per heavy atom. The Labute approximate surface area is 121 Å². The summed E-state index contributed by atoms with van der Waals surface area (Å²) in [6.45, 7) is 3.02. The van der Waals surface area contributed by atoms with Crippen molar-refractivity contribution < 1.29 is 4.74 Å². The van der Waals surface area contributed by atoms with Crippen LogP contribution in [0.15, 0.2) is 34.9 Å². The fourth-order valence-electron chi connectivity index (χ4n) is 2.25. The number of aryl methyl sites for hydroxylation is 2. The molecule has 98 valence electrons. The molecule has 1 aromatic heterocycles. The number of nitrogens with zero attached hydrogens (tertiary/aromatic N) is 1. The van der Waals surface area contributed by atoms with Crippen LogP contribution in [-0.2, 0) is 6.42 Å². The lowest BCUT2D eigenvalue weighted by molar-refractivity contribution is 0.459. The predicted octanol–water partition coefficient (Wildman–Crippen LogP) is 4.30. The Balaban J connectivity index is 1.97. The van der Waals surface area contributed by atoms with Gasteiger partial charge in [0.25, 0.3) is 0 Å². The zero-order chi connectivity index (χ0) is 13.2. The third-order valence-electron chi connectivity index (χ3n) is 3.29. The van der Waals surface area contributed by atoms with Gasteiger partial charge in [-0.15, -0.1) is 0 Å². The molecule has 0 aliphatic carbocycles. The van der Waals surface area contributed by atoms with Gasteiger partial charge in [0.15, 0.2) is 5.75 Å². The van der Waals surface area contributed by atoms with Gasteiger partial charge in [0.05, 0.1) is 10.2 Å². The molecule has 0 radical (unpaired) electrons. The number of hydrogen-bond donors (Lipinski definition) is 1. The summed E-state index contributed by atoms with van der Waals surface area (Å²) in [6.07, 6.45) is 4.03. The van der Waals surface area contributed by atoms with Crippen LogP contribution in [0.5, 0.6) is 11.6 Å². The highest BCUT2D eigenvalue weighted by atomic mass is 79.9. The number of halogens is 1. The highest BCUT2D eigenvalue weighted by Crippen LogP contribution is 2.37. The van der Waals surface area contributed by atoms with Crippen LogP contribution in [0.4, 0.5) is 5.69 Å². The first-order valence-electron chi connectivity index (χ1n) is 6.40. The summed E-state index contributed by atoms with van der Waals surface area (Å²) in [5, 5.41) is 3.42. The Morgan fingerprint density at radius 1 is 1.32 bits per heavy atom. The van der Waals surface area contributed by atoms with Crippen molar-refractivity contribution in [2.45, 2.75) is 19.8 Å². The molecule has 3 nitrogen and oxygen atoms in total. The number of hydrogen-bond acceptors (Lipinski definition) is 3. The molecule has 1 N–H and O–H groups in total. The quantitative estimate of drug-likeness (QED) is 0.896. The molecule has 1 aliphatic rings. The maximum Gasteiger partial charge on any atom is 0.233 e. The summed E-state index contributed by atoms with van der Waals surface area (Å²) >= 11 is 3.53. The van der Waals surface area contributed by atoms with E-state index in [0.29, 0.717) is 5.88 Å². The first kappa shape index (κ1) is 12.5. The lowest BCUT2D eigenvalue weighted by Gasteiger charge is -2.21. The second-order valence-electron chi connectivity index (χ2n) is 4.67. The number of fused-ring (bicyclic) bond motifs is 1. The predicted molar refractivity (Wildman–Crippen MR) is 80.0 cm³/mol. The lowest BCUT2D eigenvalue weighted by atomic mass is 10.0. The van der Waals surface area contributed by atoms with E-state index in [1.165, 1.54) is 12.0 Å². The number of rotatable bonds is 2. The second-order valence-corrected chi connectivity index (χ2v) is 5.46. The maximum absolute atomic E-state index is 5.97. The van der Waals surface area contributed by atoms with Crippen LogP contribution in [0, 0.1) is 6.92 Å². The number of ether oxygens (including phenoxy) is 1. The maximum atomic E-state index is 5.97. The third-order valence-corrected chi connectivity index (χ3v) is 4.26. The largest absolute Gasteiger partial charge is 0.436 e. The Bertz CT molecular complexity index is 613. The highest BCUT2D eigenvalue weighted by molar-refractivity contribution is 9.10. The molecule has 0 spiro atoms. The molecule has 0 amide bonds. The summed E-state index contributed by atoms with van der Waals surface area (Å²) in [5.74, 6) is 1.46. The van der Waals surface area contributed by atoms with Crippen molar-refractivity contribution >= 4 is 21.6 Å². The van der Waals surface area contributed by atoms with Crippen LogP contribution >= 0.6 is 15.9 Å². The summed E-state index contributed by atoms with van der Waals surface area (Å²) in [6, 6.07) is 8.11. The summed E-state index contributed by atoms with van der Waals surface area (Å²) in [7, 11) is 0. The average Bonchev–Trinajstić information content (AvgIpc) is 2.44. The van der Waals surface area contributed by atoms with Crippen molar-refractivity contribution in [2.24, 2.45) is 0 Å². The van der Waals surface area contributed by atoms with E-state index in [1.807, 2.05) is 25.1 Å². The molecule has 0 fully saturated rings. The molecular weight excluding hydrogens is 304 g/mol. The molecule has 0 saturated carbocycles. The molecule has 1 aromatic carbocycles. The number of pyridine rings is 1. The first-order valence-corrected chi connectivity index (χ1v) is 7.20. The topological polar surface area (TPSA) is 34.1 Å². The van der Waals surface area contributed by atoms with Gasteiger partial charge in [-0.05, 0) is 59.0 Å². The molecule has 0 atom stereocenters. The fraction of sp³-hybridized carbons (Fsp3) is 0.267. The Morgan fingerprint density at radius 3 is 3.11 bits per heavy atom. The Hall–Kier alpha value is -1.55. The van der Waals surface area contributed by atoms with Crippen LogP contribution in [0.1, 0.15) is 17.5 Å². The van der Waals surface area contributed by atoms with E-state index in [9.17, 15) is 0 Å². The van der Waals surface area contributed by atoms with Crippen molar-refractivity contribution in [3.8, 4) is 11.6 Å². The van der Waals surface area contributed by atoms with Gasteiger partial charge >= 0.3 is 0 Å². The van der Waals surface area contributed by atoms with Crippen LogP contribution in [0.3, 0.4) is 0 Å². The summed E-state index contributed by atoms with van der Waals surface area (Å²) in [4.78, 5) is 4.29. The van der Waals surface area contributed by atoms with Crippen molar-refractivity contribution in [3.05, 3.63) is 46.1 Å². The molecule has 0 bridgehead atoms. The van der Waals surface area contributed by atoms with Crippen molar-refractivity contribution in [1.82, 2.24) is 4.98 Å². The van der Waals surface area contributed by atoms with Crippen molar-refractivity contribution in [2.75, 3.05) is 11.9 Å². The van der Waals surface area contributed by atoms with Gasteiger partial charge in [0, 0.05) is 12.7 Å². The summed E-state index contributed by atoms with van der Waals surface area (Å²) < 4.78 is 6.87. The fourth-order valence-corrected chi connectivity index (χ4v) is 2.57. The number of benzene rings is 1. The monoisotopic (exact) mass is 318 g/mol. The Kier molecular flexibility index (Phi) is 3.42. The minimum Gasteiger partial charge on any atom is -0.436 e. The van der Waals surface area contributed by atoms with E-state index in [-0.39, 0.29) is 0 Å². The first-order chi connectivity index (χ1) is 9.25. The average molecular weight is 319 g/mol. The van der Waals surface area contributed by atoms with Gasteiger partial charge in [0.1, 0.15) is 0 Å².